The summed E-state index contributed by atoms with van der Waals surface area (Å²) in [5.41, 5.74) is 0.00405. The van der Waals surface area contributed by atoms with Gasteiger partial charge in [-0.2, -0.15) is 13.2 Å². The normalized spacial score (nSPS) is 11.6. The number of hydrogen-bond donors (Lipinski definition) is 0. The molecule has 2 rings (SSSR count). The van der Waals surface area contributed by atoms with E-state index in [1.807, 2.05) is 12.3 Å². The first kappa shape index (κ1) is 12.9. The highest BCUT2D eigenvalue weighted by Crippen LogP contribution is 2.31. The molecule has 2 aromatic rings. The molecule has 1 heterocycles. The van der Waals surface area contributed by atoms with Gasteiger partial charge in [-0.05, 0) is 25.1 Å². The van der Waals surface area contributed by atoms with Crippen molar-refractivity contribution in [3.8, 4) is 5.75 Å². The molecular formula is C12H10F3NOS. The smallest absolute Gasteiger partial charge is 0.416 e. The summed E-state index contributed by atoms with van der Waals surface area (Å²) < 4.78 is 42.7. The van der Waals surface area contributed by atoms with Crippen molar-refractivity contribution < 1.29 is 17.9 Å². The van der Waals surface area contributed by atoms with Gasteiger partial charge in [-0.15, -0.1) is 11.3 Å². The first-order chi connectivity index (χ1) is 8.45. The highest BCUT2D eigenvalue weighted by atomic mass is 32.1. The molecule has 0 aliphatic carbocycles. The molecule has 1 aromatic heterocycles. The van der Waals surface area contributed by atoms with Crippen LogP contribution in [0.25, 0.3) is 0 Å². The standard InChI is InChI=1S/C12H10F3NOS/c1-8-16-10(7-18-8)6-17-11-4-2-3-9(5-11)12(13,14)15/h2-5,7H,6H2,1H3. The number of rotatable bonds is 3. The summed E-state index contributed by atoms with van der Waals surface area (Å²) in [4.78, 5) is 4.17. The van der Waals surface area contributed by atoms with Gasteiger partial charge in [0.2, 0.25) is 0 Å². The van der Waals surface area contributed by atoms with Crippen LogP contribution in [0.2, 0.25) is 0 Å². The second kappa shape index (κ2) is 4.97. The third-order valence-electron chi connectivity index (χ3n) is 2.21. The molecule has 0 amide bonds. The summed E-state index contributed by atoms with van der Waals surface area (Å²) in [7, 11) is 0. The Bertz CT molecular complexity index is 536. The number of aromatic nitrogens is 1. The SMILES string of the molecule is Cc1nc(COc2cccc(C(F)(F)F)c2)cs1. The summed E-state index contributed by atoms with van der Waals surface area (Å²) in [5.74, 6) is 0.190. The molecule has 0 atom stereocenters. The van der Waals surface area contributed by atoms with E-state index in [2.05, 4.69) is 4.98 Å². The minimum atomic E-state index is -4.35. The molecule has 96 valence electrons. The number of benzene rings is 1. The molecule has 0 aliphatic heterocycles. The molecule has 0 fully saturated rings. The lowest BCUT2D eigenvalue weighted by molar-refractivity contribution is -0.137. The fraction of sp³-hybridized carbons (Fsp3) is 0.250. The summed E-state index contributed by atoms with van der Waals surface area (Å²) in [6.45, 7) is 2.03. The molecule has 0 saturated heterocycles. The van der Waals surface area contributed by atoms with E-state index in [1.165, 1.54) is 23.5 Å². The molecule has 1 aromatic carbocycles. The van der Waals surface area contributed by atoms with Crippen LogP contribution in [0.3, 0.4) is 0 Å². The summed E-state index contributed by atoms with van der Waals surface area (Å²) in [6.07, 6.45) is -4.35. The van der Waals surface area contributed by atoms with Crippen LogP contribution in [0.15, 0.2) is 29.6 Å². The predicted octanol–water partition coefficient (Wildman–Crippen LogP) is 4.05. The fourth-order valence-corrected chi connectivity index (χ4v) is 1.99. The van der Waals surface area contributed by atoms with Gasteiger partial charge < -0.3 is 4.74 Å². The van der Waals surface area contributed by atoms with Crippen LogP contribution in [-0.4, -0.2) is 4.98 Å². The monoisotopic (exact) mass is 273 g/mol. The van der Waals surface area contributed by atoms with E-state index >= 15 is 0 Å². The minimum absolute atomic E-state index is 0.172. The molecule has 0 N–H and O–H groups in total. The minimum Gasteiger partial charge on any atom is -0.487 e. The Hall–Kier alpha value is -1.56. The second-order valence-corrected chi connectivity index (χ2v) is 4.73. The van der Waals surface area contributed by atoms with Crippen LogP contribution in [0, 0.1) is 6.92 Å². The lowest BCUT2D eigenvalue weighted by Crippen LogP contribution is -2.05. The van der Waals surface area contributed by atoms with Crippen molar-refractivity contribution in [2.45, 2.75) is 19.7 Å². The Labute approximate surface area is 106 Å². The van der Waals surface area contributed by atoms with Gasteiger partial charge in [0.15, 0.2) is 0 Å². The predicted molar refractivity (Wildman–Crippen MR) is 62.6 cm³/mol. The van der Waals surface area contributed by atoms with Crippen LogP contribution in [-0.2, 0) is 12.8 Å². The molecule has 0 bridgehead atoms. The van der Waals surface area contributed by atoms with Gasteiger partial charge in [0.05, 0.1) is 16.3 Å². The van der Waals surface area contributed by atoms with Gasteiger partial charge in [-0.1, -0.05) is 6.07 Å². The van der Waals surface area contributed by atoms with Crippen molar-refractivity contribution in [2.75, 3.05) is 0 Å². The average Bonchev–Trinajstić information content (AvgIpc) is 2.72. The molecule has 0 spiro atoms. The van der Waals surface area contributed by atoms with Crippen LogP contribution < -0.4 is 4.74 Å². The quantitative estimate of drug-likeness (QED) is 0.841. The Morgan fingerprint density at radius 2 is 2.11 bits per heavy atom. The number of ether oxygens (including phenoxy) is 1. The van der Waals surface area contributed by atoms with E-state index in [9.17, 15) is 13.2 Å². The Morgan fingerprint density at radius 1 is 1.33 bits per heavy atom. The third-order valence-corrected chi connectivity index (χ3v) is 3.04. The van der Waals surface area contributed by atoms with Crippen LogP contribution in [0.4, 0.5) is 13.2 Å². The first-order valence-electron chi connectivity index (χ1n) is 5.16. The summed E-state index contributed by atoms with van der Waals surface area (Å²) in [6, 6.07) is 4.82. The lowest BCUT2D eigenvalue weighted by atomic mass is 10.2. The summed E-state index contributed by atoms with van der Waals surface area (Å²) in [5, 5.41) is 2.72. The van der Waals surface area contributed by atoms with Crippen molar-refractivity contribution in [3.05, 3.63) is 45.9 Å². The van der Waals surface area contributed by atoms with Gasteiger partial charge in [0, 0.05) is 5.38 Å². The molecule has 6 heteroatoms. The maximum Gasteiger partial charge on any atom is 0.416 e. The van der Waals surface area contributed by atoms with Crippen LogP contribution >= 0.6 is 11.3 Å². The first-order valence-corrected chi connectivity index (χ1v) is 6.04. The van der Waals surface area contributed by atoms with Gasteiger partial charge in [0.25, 0.3) is 0 Å². The molecule has 18 heavy (non-hydrogen) atoms. The molecule has 0 aliphatic rings. The van der Waals surface area contributed by atoms with E-state index in [0.29, 0.717) is 0 Å². The number of hydrogen-bond acceptors (Lipinski definition) is 3. The largest absolute Gasteiger partial charge is 0.487 e. The Balaban J connectivity index is 2.06. The second-order valence-electron chi connectivity index (χ2n) is 3.67. The van der Waals surface area contributed by atoms with Crippen molar-refractivity contribution in [3.63, 3.8) is 0 Å². The fourth-order valence-electron chi connectivity index (χ4n) is 1.39. The number of halogens is 3. The van der Waals surface area contributed by atoms with Crippen molar-refractivity contribution in [1.82, 2.24) is 4.98 Å². The van der Waals surface area contributed by atoms with Crippen molar-refractivity contribution in [2.24, 2.45) is 0 Å². The molecular weight excluding hydrogens is 263 g/mol. The summed E-state index contributed by atoms with van der Waals surface area (Å²) >= 11 is 1.48. The van der Waals surface area contributed by atoms with Crippen LogP contribution in [0.1, 0.15) is 16.3 Å². The molecule has 0 unspecified atom stereocenters. The number of alkyl halides is 3. The van der Waals surface area contributed by atoms with Gasteiger partial charge in [-0.3, -0.25) is 0 Å². The van der Waals surface area contributed by atoms with E-state index in [1.54, 1.807) is 0 Å². The van der Waals surface area contributed by atoms with E-state index in [0.717, 1.165) is 22.8 Å². The lowest BCUT2D eigenvalue weighted by Gasteiger charge is -2.09. The maximum atomic E-state index is 12.5. The molecule has 0 saturated carbocycles. The third kappa shape index (κ3) is 3.22. The zero-order valence-electron chi connectivity index (χ0n) is 9.49. The Kier molecular flexibility index (Phi) is 3.56. The highest BCUT2D eigenvalue weighted by Gasteiger charge is 2.30. The zero-order chi connectivity index (χ0) is 13.2. The van der Waals surface area contributed by atoms with Gasteiger partial charge in [0.1, 0.15) is 12.4 Å². The van der Waals surface area contributed by atoms with Crippen molar-refractivity contribution in [1.29, 1.82) is 0 Å². The van der Waals surface area contributed by atoms with Crippen molar-refractivity contribution >= 4 is 11.3 Å². The maximum absolute atomic E-state index is 12.5. The topological polar surface area (TPSA) is 22.1 Å². The number of nitrogens with zero attached hydrogens (tertiary/aromatic N) is 1. The number of thiazole rings is 1. The van der Waals surface area contributed by atoms with Gasteiger partial charge in [-0.25, -0.2) is 4.98 Å². The van der Waals surface area contributed by atoms with Gasteiger partial charge >= 0.3 is 6.18 Å². The van der Waals surface area contributed by atoms with E-state index in [4.69, 9.17) is 4.74 Å². The number of aryl methyl sites for hydroxylation is 1. The average molecular weight is 273 g/mol. The molecule has 0 radical (unpaired) electrons. The van der Waals surface area contributed by atoms with Crippen LogP contribution in [0.5, 0.6) is 5.75 Å². The Morgan fingerprint density at radius 3 is 2.72 bits per heavy atom. The van der Waals surface area contributed by atoms with E-state index in [-0.39, 0.29) is 12.4 Å². The highest BCUT2D eigenvalue weighted by molar-refractivity contribution is 7.09. The molecule has 2 nitrogen and oxygen atoms in total. The van der Waals surface area contributed by atoms with E-state index < -0.39 is 11.7 Å². The zero-order valence-corrected chi connectivity index (χ0v) is 10.3.